The number of nitrogens with one attached hydrogen (secondary N) is 1. The molecule has 0 saturated heterocycles. The first-order chi connectivity index (χ1) is 7.52. The van der Waals surface area contributed by atoms with Crippen LogP contribution in [0.4, 0.5) is 0 Å². The van der Waals surface area contributed by atoms with Gasteiger partial charge in [-0.1, -0.05) is 0 Å². The quantitative estimate of drug-likeness (QED) is 0.825. The van der Waals surface area contributed by atoms with Crippen LogP contribution < -0.4 is 0 Å². The molecule has 1 aromatic heterocycles. The molecule has 0 saturated carbocycles. The van der Waals surface area contributed by atoms with Gasteiger partial charge in [0.25, 0.3) is 9.05 Å². The summed E-state index contributed by atoms with van der Waals surface area (Å²) in [6.45, 7) is 0. The molecule has 2 rings (SSSR count). The van der Waals surface area contributed by atoms with E-state index in [0.29, 0.717) is 16.6 Å². The van der Waals surface area contributed by atoms with E-state index in [1.165, 1.54) is 12.4 Å². The van der Waals surface area contributed by atoms with Crippen molar-refractivity contribution in [2.75, 3.05) is 0 Å². The third kappa shape index (κ3) is 1.87. The van der Waals surface area contributed by atoms with Crippen molar-refractivity contribution >= 4 is 30.8 Å². The zero-order chi connectivity index (χ0) is 11.8. The van der Waals surface area contributed by atoms with Crippen LogP contribution in [0, 0.1) is 11.3 Å². The Bertz CT molecular complexity index is 684. The zero-order valence-electron chi connectivity index (χ0n) is 7.94. The van der Waals surface area contributed by atoms with Gasteiger partial charge >= 0.3 is 0 Å². The Morgan fingerprint density at radius 2 is 2.25 bits per heavy atom. The molecule has 0 aliphatic rings. The minimum Gasteiger partial charge on any atom is -0.345 e. The van der Waals surface area contributed by atoms with E-state index < -0.39 is 9.05 Å². The molecule has 0 aliphatic carbocycles. The average Bonchev–Trinajstić information content (AvgIpc) is 2.62. The van der Waals surface area contributed by atoms with Crippen LogP contribution in [0.3, 0.4) is 0 Å². The van der Waals surface area contributed by atoms with Gasteiger partial charge in [-0.15, -0.1) is 0 Å². The average molecular weight is 256 g/mol. The molecule has 0 spiro atoms. The highest BCUT2D eigenvalue weighted by atomic mass is 35.7. The molecule has 1 heterocycles. The van der Waals surface area contributed by atoms with E-state index >= 15 is 0 Å². The summed E-state index contributed by atoms with van der Waals surface area (Å²) in [5, 5.41) is 8.62. The fraction of sp³-hybridized carbons (Fsp3) is 0.111. The summed E-state index contributed by atoms with van der Waals surface area (Å²) in [6.07, 6.45) is 1.43. The van der Waals surface area contributed by atoms with Crippen molar-refractivity contribution in [3.05, 3.63) is 24.0 Å². The Morgan fingerprint density at radius 3 is 2.88 bits per heavy atom. The maximum Gasteiger partial charge on any atom is 0.261 e. The molecule has 0 fully saturated rings. The maximum absolute atomic E-state index is 11.3. The van der Waals surface area contributed by atoms with Crippen LogP contribution in [0.2, 0.25) is 0 Å². The minimum absolute atomic E-state index is 0.0176. The predicted octanol–water partition coefficient (Wildman–Crippen LogP) is 1.56. The number of halogens is 1. The smallest absolute Gasteiger partial charge is 0.261 e. The van der Waals surface area contributed by atoms with Crippen molar-refractivity contribution in [1.29, 1.82) is 5.26 Å². The first-order valence-electron chi connectivity index (χ1n) is 4.30. The monoisotopic (exact) mass is 255 g/mol. The van der Waals surface area contributed by atoms with Crippen molar-refractivity contribution in [3.63, 3.8) is 0 Å². The molecule has 1 N–H and O–H groups in total. The van der Waals surface area contributed by atoms with E-state index in [1.54, 1.807) is 6.07 Å². The number of fused-ring (bicyclic) bond motifs is 1. The second-order valence-electron chi connectivity index (χ2n) is 3.15. The van der Waals surface area contributed by atoms with Gasteiger partial charge in [-0.3, -0.25) is 0 Å². The maximum atomic E-state index is 11.3. The molecule has 5 nitrogen and oxygen atoms in total. The predicted molar refractivity (Wildman–Crippen MR) is 58.4 cm³/mol. The third-order valence-electron chi connectivity index (χ3n) is 2.13. The summed E-state index contributed by atoms with van der Waals surface area (Å²) in [6, 6.07) is 4.83. The van der Waals surface area contributed by atoms with Crippen LogP contribution in [0.1, 0.15) is 5.56 Å². The van der Waals surface area contributed by atoms with E-state index in [2.05, 4.69) is 9.97 Å². The van der Waals surface area contributed by atoms with Crippen LogP contribution in [0.25, 0.3) is 11.0 Å². The van der Waals surface area contributed by atoms with E-state index in [4.69, 9.17) is 15.9 Å². The molecule has 0 unspecified atom stereocenters. The van der Waals surface area contributed by atoms with Gasteiger partial charge in [0.15, 0.2) is 0 Å². The molecule has 16 heavy (non-hydrogen) atoms. The normalized spacial score (nSPS) is 11.5. The lowest BCUT2D eigenvalue weighted by atomic mass is 10.1. The number of nitrogens with zero attached hydrogens (tertiary/aromatic N) is 2. The fourth-order valence-corrected chi connectivity index (χ4v) is 2.59. The number of nitriles is 1. The first-order valence-corrected chi connectivity index (χ1v) is 6.61. The van der Waals surface area contributed by atoms with Gasteiger partial charge in [-0.25, -0.2) is 13.4 Å². The van der Waals surface area contributed by atoms with Crippen LogP contribution in [-0.2, 0) is 15.5 Å². The van der Waals surface area contributed by atoms with Gasteiger partial charge in [-0.2, -0.15) is 5.26 Å². The Balaban J connectivity index is 2.78. The second-order valence-corrected chi connectivity index (χ2v) is 5.69. The highest BCUT2D eigenvalue weighted by Gasteiger charge is 2.17. The van der Waals surface area contributed by atoms with Crippen molar-refractivity contribution in [2.24, 2.45) is 0 Å². The molecule has 0 aliphatic heterocycles. The molecule has 7 heteroatoms. The van der Waals surface area contributed by atoms with Crippen LogP contribution in [0.15, 0.2) is 23.4 Å². The van der Waals surface area contributed by atoms with Crippen LogP contribution in [0.5, 0.6) is 0 Å². The summed E-state index contributed by atoms with van der Waals surface area (Å²) in [5.41, 5.74) is 1.55. The Hall–Kier alpha value is -1.58. The summed E-state index contributed by atoms with van der Waals surface area (Å²) in [4.78, 5) is 6.71. The SMILES string of the molecule is N#CCc1cc2[nH]cnc2cc1S(=O)(=O)Cl. The van der Waals surface area contributed by atoms with Crippen molar-refractivity contribution in [1.82, 2.24) is 9.97 Å². The largest absolute Gasteiger partial charge is 0.345 e. The molecule has 0 atom stereocenters. The Kier molecular flexibility index (Phi) is 2.58. The summed E-state index contributed by atoms with van der Waals surface area (Å²) >= 11 is 0. The third-order valence-corrected chi connectivity index (χ3v) is 3.54. The first kappa shape index (κ1) is 10.9. The van der Waals surface area contributed by atoms with E-state index in [-0.39, 0.29) is 11.3 Å². The molecule has 0 amide bonds. The Labute approximate surface area is 96.1 Å². The lowest BCUT2D eigenvalue weighted by Crippen LogP contribution is -1.97. The number of hydrogen-bond donors (Lipinski definition) is 1. The number of aromatic nitrogens is 2. The number of rotatable bonds is 2. The van der Waals surface area contributed by atoms with Gasteiger partial charge in [0.1, 0.15) is 0 Å². The lowest BCUT2D eigenvalue weighted by Gasteiger charge is -2.02. The van der Waals surface area contributed by atoms with Gasteiger partial charge in [0.2, 0.25) is 0 Å². The molecule has 1 aromatic carbocycles. The second kappa shape index (κ2) is 3.77. The standard InChI is InChI=1S/C9H6ClN3O2S/c10-16(14,15)9-4-8-7(12-5-13-8)3-6(9)1-2-11/h3-5H,1H2,(H,12,13). The van der Waals surface area contributed by atoms with Gasteiger partial charge < -0.3 is 4.98 Å². The molecular formula is C9H6ClN3O2S. The minimum atomic E-state index is -3.86. The van der Waals surface area contributed by atoms with Crippen LogP contribution >= 0.6 is 10.7 Å². The molecule has 0 radical (unpaired) electrons. The highest BCUT2D eigenvalue weighted by molar-refractivity contribution is 8.13. The van der Waals surface area contributed by atoms with E-state index in [0.717, 1.165) is 0 Å². The number of aromatic amines is 1. The van der Waals surface area contributed by atoms with Gasteiger partial charge in [0.05, 0.1) is 34.7 Å². The van der Waals surface area contributed by atoms with E-state index in [1.807, 2.05) is 6.07 Å². The van der Waals surface area contributed by atoms with Gasteiger partial charge in [-0.05, 0) is 17.7 Å². The lowest BCUT2D eigenvalue weighted by molar-refractivity contribution is 0.609. The summed E-state index contributed by atoms with van der Waals surface area (Å²) < 4.78 is 22.6. The zero-order valence-corrected chi connectivity index (χ0v) is 9.51. The fourth-order valence-electron chi connectivity index (χ4n) is 1.46. The van der Waals surface area contributed by atoms with E-state index in [9.17, 15) is 8.42 Å². The number of imidazole rings is 1. The van der Waals surface area contributed by atoms with Crippen molar-refractivity contribution in [3.8, 4) is 6.07 Å². The Morgan fingerprint density at radius 1 is 1.50 bits per heavy atom. The van der Waals surface area contributed by atoms with Crippen molar-refractivity contribution < 1.29 is 8.42 Å². The highest BCUT2D eigenvalue weighted by Crippen LogP contribution is 2.24. The van der Waals surface area contributed by atoms with Crippen molar-refractivity contribution in [2.45, 2.75) is 11.3 Å². The number of H-pyrrole nitrogens is 1. The van der Waals surface area contributed by atoms with Gasteiger partial charge in [0, 0.05) is 10.7 Å². The number of hydrogen-bond acceptors (Lipinski definition) is 4. The summed E-state index contributed by atoms with van der Waals surface area (Å²) in [5.74, 6) is 0. The molecule has 82 valence electrons. The molecular weight excluding hydrogens is 250 g/mol. The topological polar surface area (TPSA) is 86.6 Å². The number of benzene rings is 1. The molecule has 0 bridgehead atoms. The molecule has 2 aromatic rings. The summed E-state index contributed by atoms with van der Waals surface area (Å²) in [7, 11) is 1.43. The van der Waals surface area contributed by atoms with Crippen LogP contribution in [-0.4, -0.2) is 18.4 Å².